The number of anilines is 1. The molecule has 0 spiro atoms. The molecule has 0 saturated carbocycles. The van der Waals surface area contributed by atoms with Crippen LogP contribution in [0.1, 0.15) is 0 Å². The summed E-state index contributed by atoms with van der Waals surface area (Å²) < 4.78 is 0. The van der Waals surface area contributed by atoms with E-state index in [4.69, 9.17) is 22.4 Å². The van der Waals surface area contributed by atoms with E-state index in [0.717, 1.165) is 11.0 Å². The van der Waals surface area contributed by atoms with Crippen LogP contribution in [0.4, 0.5) is 5.69 Å². The summed E-state index contributed by atoms with van der Waals surface area (Å²) in [5.74, 6) is -0.988. The number of halogens is 1. The summed E-state index contributed by atoms with van der Waals surface area (Å²) in [7, 11) is 0. The summed E-state index contributed by atoms with van der Waals surface area (Å²) in [5.41, 5.74) is 6.22. The number of thioether (sulfide) groups is 1. The number of nitrogens with two attached hydrogens (primary N) is 1. The van der Waals surface area contributed by atoms with Gasteiger partial charge in [-0.3, -0.25) is 0 Å². The zero-order valence-corrected chi connectivity index (χ0v) is 8.68. The molecule has 1 aromatic carbocycles. The molecule has 0 saturated heterocycles. The molecule has 0 atom stereocenters. The van der Waals surface area contributed by atoms with Crippen LogP contribution in [0.3, 0.4) is 0 Å². The third-order valence-corrected chi connectivity index (χ3v) is 2.50. The van der Waals surface area contributed by atoms with Crippen molar-refractivity contribution in [2.45, 2.75) is 4.90 Å². The van der Waals surface area contributed by atoms with E-state index in [1.54, 1.807) is 18.2 Å². The van der Waals surface area contributed by atoms with Crippen molar-refractivity contribution in [3.05, 3.63) is 34.7 Å². The van der Waals surface area contributed by atoms with Crippen LogP contribution in [0.15, 0.2) is 34.6 Å². The smallest absolute Gasteiger partial charge is 0.328 e. The molecule has 3 N–H and O–H groups in total. The lowest BCUT2D eigenvalue weighted by atomic mass is 10.3. The first-order valence-electron chi connectivity index (χ1n) is 3.71. The van der Waals surface area contributed by atoms with Gasteiger partial charge in [-0.15, -0.1) is 0 Å². The molecule has 0 radical (unpaired) electrons. The van der Waals surface area contributed by atoms with E-state index in [1.165, 1.54) is 17.2 Å². The van der Waals surface area contributed by atoms with Crippen LogP contribution in [0.2, 0.25) is 5.02 Å². The molecule has 0 amide bonds. The van der Waals surface area contributed by atoms with Gasteiger partial charge in [0.25, 0.3) is 0 Å². The molecule has 5 heteroatoms. The first-order chi connectivity index (χ1) is 6.59. The second-order valence-electron chi connectivity index (χ2n) is 2.44. The van der Waals surface area contributed by atoms with Crippen molar-refractivity contribution in [2.75, 3.05) is 5.73 Å². The minimum absolute atomic E-state index is 0.574. The molecule has 14 heavy (non-hydrogen) atoms. The summed E-state index contributed by atoms with van der Waals surface area (Å²) in [4.78, 5) is 10.9. The summed E-state index contributed by atoms with van der Waals surface area (Å²) >= 11 is 6.97. The minimum atomic E-state index is -0.988. The van der Waals surface area contributed by atoms with Crippen molar-refractivity contribution in [1.29, 1.82) is 0 Å². The van der Waals surface area contributed by atoms with E-state index >= 15 is 0 Å². The number of carbonyl (C=O) groups is 1. The maximum absolute atomic E-state index is 10.2. The van der Waals surface area contributed by atoms with Crippen LogP contribution in [0.25, 0.3) is 0 Å². The Kier molecular flexibility index (Phi) is 3.85. The van der Waals surface area contributed by atoms with Gasteiger partial charge in [0.15, 0.2) is 0 Å². The van der Waals surface area contributed by atoms with Gasteiger partial charge >= 0.3 is 5.97 Å². The Morgan fingerprint density at radius 3 is 2.93 bits per heavy atom. The van der Waals surface area contributed by atoms with Gasteiger partial charge < -0.3 is 10.8 Å². The predicted octanol–water partition coefficient (Wildman–Crippen LogP) is 2.61. The quantitative estimate of drug-likeness (QED) is 0.475. The van der Waals surface area contributed by atoms with Crippen molar-refractivity contribution in [2.24, 2.45) is 0 Å². The Labute approximate surface area is 90.6 Å². The molecule has 0 unspecified atom stereocenters. The normalized spacial score (nSPS) is 10.6. The Hall–Kier alpha value is -1.13. The van der Waals surface area contributed by atoms with E-state index < -0.39 is 5.97 Å². The molecule has 0 aliphatic carbocycles. The second kappa shape index (κ2) is 4.93. The van der Waals surface area contributed by atoms with Gasteiger partial charge in [0.2, 0.25) is 0 Å². The number of hydrogen-bond acceptors (Lipinski definition) is 3. The first kappa shape index (κ1) is 10.9. The molecule has 0 bridgehead atoms. The summed E-state index contributed by atoms with van der Waals surface area (Å²) in [5, 5.41) is 10.4. The second-order valence-corrected chi connectivity index (χ2v) is 3.83. The van der Waals surface area contributed by atoms with E-state index in [9.17, 15) is 4.79 Å². The van der Waals surface area contributed by atoms with E-state index in [2.05, 4.69) is 0 Å². The number of nitrogen functional groups attached to an aromatic ring is 1. The van der Waals surface area contributed by atoms with Gasteiger partial charge in [-0.2, -0.15) is 0 Å². The summed E-state index contributed by atoms with van der Waals surface area (Å²) in [6, 6.07) is 5.05. The lowest BCUT2D eigenvalue weighted by Crippen LogP contribution is -1.87. The Balaban J connectivity index is 2.76. The highest BCUT2D eigenvalue weighted by molar-refractivity contribution is 8.02. The maximum atomic E-state index is 10.2. The molecular formula is C9H8ClNO2S. The highest BCUT2D eigenvalue weighted by atomic mass is 35.5. The lowest BCUT2D eigenvalue weighted by molar-refractivity contribution is -0.131. The number of hydrogen-bond donors (Lipinski definition) is 2. The average Bonchev–Trinajstić information content (AvgIpc) is 2.10. The van der Waals surface area contributed by atoms with Gasteiger partial charge in [-0.25, -0.2) is 4.79 Å². The summed E-state index contributed by atoms with van der Waals surface area (Å²) in [6.07, 6.45) is 1.05. The molecule has 0 heterocycles. The van der Waals surface area contributed by atoms with Crippen LogP contribution in [-0.4, -0.2) is 11.1 Å². The molecule has 0 aliphatic heterocycles. The average molecular weight is 230 g/mol. The van der Waals surface area contributed by atoms with Crippen LogP contribution in [0.5, 0.6) is 0 Å². The third-order valence-electron chi connectivity index (χ3n) is 1.38. The number of benzene rings is 1. The SMILES string of the molecule is Nc1ccc(Cl)cc1S/C=C/C(=O)O. The van der Waals surface area contributed by atoms with Gasteiger partial charge in [0.1, 0.15) is 0 Å². The predicted molar refractivity (Wildman–Crippen MR) is 58.5 cm³/mol. The summed E-state index contributed by atoms with van der Waals surface area (Å²) in [6.45, 7) is 0. The molecule has 0 aliphatic rings. The molecule has 1 rings (SSSR count). The largest absolute Gasteiger partial charge is 0.478 e. The Bertz CT molecular complexity index is 379. The molecule has 0 aromatic heterocycles. The fraction of sp³-hybridized carbons (Fsp3) is 0. The number of carboxylic acids is 1. The monoisotopic (exact) mass is 229 g/mol. The Morgan fingerprint density at radius 2 is 2.29 bits per heavy atom. The zero-order chi connectivity index (χ0) is 10.6. The van der Waals surface area contributed by atoms with Crippen molar-refractivity contribution < 1.29 is 9.90 Å². The van der Waals surface area contributed by atoms with Gasteiger partial charge in [0.05, 0.1) is 0 Å². The topological polar surface area (TPSA) is 63.3 Å². The molecular weight excluding hydrogens is 222 g/mol. The van der Waals surface area contributed by atoms with Gasteiger partial charge in [0, 0.05) is 21.7 Å². The third kappa shape index (κ3) is 3.32. The van der Waals surface area contributed by atoms with Crippen molar-refractivity contribution >= 4 is 35.0 Å². The van der Waals surface area contributed by atoms with E-state index in [1.807, 2.05) is 0 Å². The minimum Gasteiger partial charge on any atom is -0.478 e. The van der Waals surface area contributed by atoms with E-state index in [-0.39, 0.29) is 0 Å². The molecule has 74 valence electrons. The first-order valence-corrected chi connectivity index (χ1v) is 4.96. The maximum Gasteiger partial charge on any atom is 0.328 e. The number of rotatable bonds is 3. The molecule has 0 fully saturated rings. The molecule has 1 aromatic rings. The van der Waals surface area contributed by atoms with Gasteiger partial charge in [-0.1, -0.05) is 23.4 Å². The number of carboxylic acid groups (broad SMARTS) is 1. The number of aliphatic carboxylic acids is 1. The van der Waals surface area contributed by atoms with Crippen molar-refractivity contribution in [3.63, 3.8) is 0 Å². The molecule has 3 nitrogen and oxygen atoms in total. The van der Waals surface area contributed by atoms with Crippen LogP contribution in [-0.2, 0) is 4.79 Å². The van der Waals surface area contributed by atoms with Crippen molar-refractivity contribution in [1.82, 2.24) is 0 Å². The lowest BCUT2D eigenvalue weighted by Gasteiger charge is -2.01. The Morgan fingerprint density at radius 1 is 1.57 bits per heavy atom. The van der Waals surface area contributed by atoms with Crippen LogP contribution < -0.4 is 5.73 Å². The zero-order valence-electron chi connectivity index (χ0n) is 7.11. The van der Waals surface area contributed by atoms with E-state index in [0.29, 0.717) is 10.7 Å². The van der Waals surface area contributed by atoms with Gasteiger partial charge in [-0.05, 0) is 23.6 Å². The highest BCUT2D eigenvalue weighted by Crippen LogP contribution is 2.28. The van der Waals surface area contributed by atoms with Crippen molar-refractivity contribution in [3.8, 4) is 0 Å². The fourth-order valence-corrected chi connectivity index (χ4v) is 1.74. The highest BCUT2D eigenvalue weighted by Gasteiger charge is 1.98. The van der Waals surface area contributed by atoms with Crippen LogP contribution in [0, 0.1) is 0 Å². The fourth-order valence-electron chi connectivity index (χ4n) is 0.776. The van der Waals surface area contributed by atoms with Crippen LogP contribution >= 0.6 is 23.4 Å². The standard InChI is InChI=1S/C9H8ClNO2S/c10-6-1-2-7(11)8(5-6)14-4-3-9(12)13/h1-5H,11H2,(H,12,13)/b4-3+.